The van der Waals surface area contributed by atoms with Crippen molar-refractivity contribution in [2.45, 2.75) is 13.8 Å². The minimum atomic E-state index is -1.07. The first kappa shape index (κ1) is 21.2. The number of hydrogen-bond acceptors (Lipinski definition) is 4. The number of nitrogens with zero attached hydrogens (tertiary/aromatic N) is 1. The Labute approximate surface area is 183 Å². The Kier molecular flexibility index (Phi) is 5.48. The first-order valence-corrected chi connectivity index (χ1v) is 9.87. The lowest BCUT2D eigenvalue weighted by Gasteiger charge is -2.17. The summed E-state index contributed by atoms with van der Waals surface area (Å²) in [5, 5.41) is 2.82. The molecule has 0 bridgehead atoms. The summed E-state index contributed by atoms with van der Waals surface area (Å²) < 4.78 is 32.6. The Morgan fingerprint density at radius 2 is 1.53 bits per heavy atom. The van der Waals surface area contributed by atoms with Gasteiger partial charge in [0, 0.05) is 17.3 Å². The molecule has 0 fully saturated rings. The van der Waals surface area contributed by atoms with Gasteiger partial charge in [0.25, 0.3) is 11.8 Å². The molecule has 32 heavy (non-hydrogen) atoms. The van der Waals surface area contributed by atoms with Crippen molar-refractivity contribution in [3.8, 4) is 5.75 Å². The van der Waals surface area contributed by atoms with Crippen LogP contribution in [0.5, 0.6) is 5.75 Å². The molecule has 1 aliphatic heterocycles. The smallest absolute Gasteiger partial charge is 0.282 e. The van der Waals surface area contributed by atoms with E-state index >= 15 is 0 Å². The highest BCUT2D eigenvalue weighted by molar-refractivity contribution is 6.46. The van der Waals surface area contributed by atoms with Crippen LogP contribution in [0.2, 0.25) is 0 Å². The van der Waals surface area contributed by atoms with Crippen molar-refractivity contribution in [1.29, 1.82) is 0 Å². The normalized spacial score (nSPS) is 13.7. The van der Waals surface area contributed by atoms with Gasteiger partial charge in [0.2, 0.25) is 0 Å². The van der Waals surface area contributed by atoms with Crippen LogP contribution < -0.4 is 15.0 Å². The van der Waals surface area contributed by atoms with E-state index in [1.807, 2.05) is 19.9 Å². The third-order valence-electron chi connectivity index (χ3n) is 5.11. The number of aryl methyl sites for hydroxylation is 2. The van der Waals surface area contributed by atoms with Crippen LogP contribution in [0.3, 0.4) is 0 Å². The van der Waals surface area contributed by atoms with Gasteiger partial charge in [-0.15, -0.1) is 0 Å². The van der Waals surface area contributed by atoms with Crippen LogP contribution in [0, 0.1) is 25.5 Å². The molecule has 1 N–H and O–H groups in total. The first-order chi connectivity index (χ1) is 15.3. The van der Waals surface area contributed by atoms with Crippen molar-refractivity contribution in [1.82, 2.24) is 0 Å². The van der Waals surface area contributed by atoms with Gasteiger partial charge in [0.05, 0.1) is 18.4 Å². The van der Waals surface area contributed by atoms with Crippen molar-refractivity contribution < 1.29 is 23.1 Å². The molecule has 0 saturated carbocycles. The number of nitrogens with one attached hydrogen (secondary N) is 1. The summed E-state index contributed by atoms with van der Waals surface area (Å²) in [4.78, 5) is 28.1. The highest BCUT2D eigenvalue weighted by Gasteiger charge is 2.41. The first-order valence-electron chi connectivity index (χ1n) is 9.87. The van der Waals surface area contributed by atoms with E-state index in [-0.39, 0.29) is 17.0 Å². The van der Waals surface area contributed by atoms with Gasteiger partial charge in [0.15, 0.2) is 11.6 Å². The molecule has 3 aromatic rings. The Bertz CT molecular complexity index is 1260. The average molecular weight is 434 g/mol. The summed E-state index contributed by atoms with van der Waals surface area (Å²) in [6, 6.07) is 15.4. The van der Waals surface area contributed by atoms with Crippen LogP contribution in [-0.4, -0.2) is 18.9 Å². The number of methoxy groups -OCH3 is 1. The minimum Gasteiger partial charge on any atom is -0.496 e. The lowest BCUT2D eigenvalue weighted by atomic mass is 10.0. The SMILES string of the molecule is COc1ccccc1C1=C(Nc2ccc(F)c(F)c2)C(=O)N(c2cc(C)cc(C)c2)C1=O. The summed E-state index contributed by atoms with van der Waals surface area (Å²) in [5.74, 6) is -2.84. The zero-order valence-electron chi connectivity index (χ0n) is 17.7. The highest BCUT2D eigenvalue weighted by atomic mass is 19.2. The second kappa shape index (κ2) is 8.26. The maximum atomic E-state index is 13.8. The Hall–Kier alpha value is -4.00. The molecule has 2 amide bonds. The molecular formula is C25H20F2N2O3. The zero-order chi connectivity index (χ0) is 23.0. The number of amides is 2. The Morgan fingerprint density at radius 3 is 2.19 bits per heavy atom. The van der Waals surface area contributed by atoms with E-state index in [1.165, 1.54) is 13.2 Å². The molecule has 0 atom stereocenters. The topological polar surface area (TPSA) is 58.6 Å². The number of carbonyl (C=O) groups is 2. The molecule has 7 heteroatoms. The van der Waals surface area contributed by atoms with E-state index < -0.39 is 23.4 Å². The van der Waals surface area contributed by atoms with Gasteiger partial charge >= 0.3 is 0 Å². The number of rotatable bonds is 5. The molecular weight excluding hydrogens is 414 g/mol. The van der Waals surface area contributed by atoms with Gasteiger partial charge in [-0.25, -0.2) is 13.7 Å². The molecule has 0 aliphatic carbocycles. The van der Waals surface area contributed by atoms with Crippen LogP contribution >= 0.6 is 0 Å². The van der Waals surface area contributed by atoms with E-state index in [4.69, 9.17) is 4.74 Å². The van der Waals surface area contributed by atoms with Gasteiger partial charge in [-0.05, 0) is 55.3 Å². The van der Waals surface area contributed by atoms with Crippen LogP contribution in [0.25, 0.3) is 5.57 Å². The number of hydrogen-bond donors (Lipinski definition) is 1. The fraction of sp³-hybridized carbons (Fsp3) is 0.120. The van der Waals surface area contributed by atoms with Crippen LogP contribution in [0.1, 0.15) is 16.7 Å². The zero-order valence-corrected chi connectivity index (χ0v) is 17.7. The van der Waals surface area contributed by atoms with Gasteiger partial charge in [-0.1, -0.05) is 24.3 Å². The number of imide groups is 1. The Balaban J connectivity index is 1.88. The third kappa shape index (κ3) is 3.73. The molecule has 0 spiro atoms. The standard InChI is InChI=1S/C25H20F2N2O3/c1-14-10-15(2)12-17(11-14)29-24(30)22(18-6-4-5-7-21(18)32-3)23(25(29)31)28-16-8-9-19(26)20(27)13-16/h4-13,28H,1-3H3. The summed E-state index contributed by atoms with van der Waals surface area (Å²) in [6.45, 7) is 3.74. The van der Waals surface area contributed by atoms with Crippen molar-refractivity contribution in [3.63, 3.8) is 0 Å². The van der Waals surface area contributed by atoms with Crippen LogP contribution in [0.4, 0.5) is 20.2 Å². The molecule has 0 unspecified atom stereocenters. The maximum Gasteiger partial charge on any atom is 0.282 e. The van der Waals surface area contributed by atoms with Crippen LogP contribution in [0.15, 0.2) is 66.4 Å². The summed E-state index contributed by atoms with van der Waals surface area (Å²) in [5.41, 5.74) is 2.77. The van der Waals surface area contributed by atoms with Gasteiger partial charge in [-0.3, -0.25) is 9.59 Å². The number of anilines is 2. The minimum absolute atomic E-state index is 0.0512. The summed E-state index contributed by atoms with van der Waals surface area (Å²) >= 11 is 0. The van der Waals surface area contributed by atoms with Gasteiger partial charge < -0.3 is 10.1 Å². The average Bonchev–Trinajstić information content (AvgIpc) is 2.99. The van der Waals surface area contributed by atoms with E-state index in [1.54, 1.807) is 36.4 Å². The molecule has 0 saturated heterocycles. The molecule has 1 aliphatic rings. The van der Waals surface area contributed by atoms with E-state index in [0.717, 1.165) is 28.2 Å². The van der Waals surface area contributed by atoms with Gasteiger partial charge in [-0.2, -0.15) is 0 Å². The number of benzene rings is 3. The number of carbonyl (C=O) groups excluding carboxylic acids is 2. The Morgan fingerprint density at radius 1 is 0.844 bits per heavy atom. The number of halogens is 2. The fourth-order valence-electron chi connectivity index (χ4n) is 3.78. The summed E-state index contributed by atoms with van der Waals surface area (Å²) in [7, 11) is 1.46. The van der Waals surface area contributed by atoms with Crippen molar-refractivity contribution >= 4 is 28.8 Å². The van der Waals surface area contributed by atoms with E-state index in [9.17, 15) is 18.4 Å². The predicted molar refractivity (Wildman–Crippen MR) is 118 cm³/mol. The monoisotopic (exact) mass is 434 g/mol. The molecule has 0 aromatic heterocycles. The molecule has 0 radical (unpaired) electrons. The second-order valence-corrected chi connectivity index (χ2v) is 7.50. The quantitative estimate of drug-likeness (QED) is 0.575. The summed E-state index contributed by atoms with van der Waals surface area (Å²) in [6.07, 6.45) is 0. The molecule has 4 rings (SSSR count). The molecule has 162 valence electrons. The van der Waals surface area contributed by atoms with E-state index in [2.05, 4.69) is 5.32 Å². The van der Waals surface area contributed by atoms with Crippen molar-refractivity contribution in [3.05, 3.63) is 94.7 Å². The number of ether oxygens (including phenoxy) is 1. The lowest BCUT2D eigenvalue weighted by Crippen LogP contribution is -2.32. The van der Waals surface area contributed by atoms with Crippen molar-refractivity contribution in [2.24, 2.45) is 0 Å². The molecule has 3 aromatic carbocycles. The highest BCUT2D eigenvalue weighted by Crippen LogP contribution is 2.37. The van der Waals surface area contributed by atoms with E-state index in [0.29, 0.717) is 17.0 Å². The van der Waals surface area contributed by atoms with Gasteiger partial charge in [0.1, 0.15) is 11.4 Å². The second-order valence-electron chi connectivity index (χ2n) is 7.50. The maximum absolute atomic E-state index is 13.8. The molecule has 1 heterocycles. The largest absolute Gasteiger partial charge is 0.496 e. The number of para-hydroxylation sites is 1. The molecule has 5 nitrogen and oxygen atoms in total. The fourth-order valence-corrected chi connectivity index (χ4v) is 3.78. The lowest BCUT2D eigenvalue weighted by molar-refractivity contribution is -0.120. The third-order valence-corrected chi connectivity index (χ3v) is 5.11. The predicted octanol–water partition coefficient (Wildman–Crippen LogP) is 4.99. The van der Waals surface area contributed by atoms with Crippen molar-refractivity contribution in [2.75, 3.05) is 17.3 Å². The van der Waals surface area contributed by atoms with Crippen LogP contribution in [-0.2, 0) is 9.59 Å².